The molecule has 0 saturated heterocycles. The quantitative estimate of drug-likeness (QED) is 0.798. The molecule has 0 aliphatic heterocycles. The first-order valence-corrected chi connectivity index (χ1v) is 6.90. The maximum absolute atomic E-state index is 13.8. The summed E-state index contributed by atoms with van der Waals surface area (Å²) in [7, 11) is 0. The summed E-state index contributed by atoms with van der Waals surface area (Å²) < 4.78 is 19.5. The zero-order valence-corrected chi connectivity index (χ0v) is 11.9. The van der Waals surface area contributed by atoms with Crippen LogP contribution in [0.2, 0.25) is 0 Å². The van der Waals surface area contributed by atoms with Crippen LogP contribution < -0.4 is 5.32 Å². The first-order chi connectivity index (χ1) is 10.2. The van der Waals surface area contributed by atoms with E-state index in [2.05, 4.69) is 15.3 Å². The first kappa shape index (κ1) is 13.7. The Morgan fingerprint density at radius 2 is 2.19 bits per heavy atom. The van der Waals surface area contributed by atoms with Crippen molar-refractivity contribution < 1.29 is 8.81 Å². The highest BCUT2D eigenvalue weighted by atomic mass is 19.1. The van der Waals surface area contributed by atoms with Crippen molar-refractivity contribution in [1.29, 1.82) is 0 Å². The summed E-state index contributed by atoms with van der Waals surface area (Å²) in [6.07, 6.45) is 1.71. The lowest BCUT2D eigenvalue weighted by molar-refractivity contribution is 0.459. The van der Waals surface area contributed by atoms with Gasteiger partial charge in [0, 0.05) is 11.6 Å². The van der Waals surface area contributed by atoms with Gasteiger partial charge in [-0.2, -0.15) is 0 Å². The molecule has 0 fully saturated rings. The summed E-state index contributed by atoms with van der Waals surface area (Å²) in [5, 5.41) is 4.07. The second-order valence-corrected chi connectivity index (χ2v) is 4.83. The summed E-state index contributed by atoms with van der Waals surface area (Å²) in [6.45, 7) is 4.59. The third kappa shape index (κ3) is 2.64. The van der Waals surface area contributed by atoms with Crippen molar-refractivity contribution in [3.8, 4) is 0 Å². The van der Waals surface area contributed by atoms with Gasteiger partial charge in [-0.05, 0) is 31.7 Å². The first-order valence-electron chi connectivity index (χ1n) is 6.90. The molecule has 4 nitrogen and oxygen atoms in total. The van der Waals surface area contributed by atoms with Gasteiger partial charge in [0.25, 0.3) is 0 Å². The molecule has 0 spiro atoms. The number of benzene rings is 1. The molecule has 3 rings (SSSR count). The van der Waals surface area contributed by atoms with E-state index >= 15 is 0 Å². The Balaban J connectivity index is 2.09. The Bertz CT molecular complexity index is 769. The molecule has 1 N–H and O–H groups in total. The molecular formula is C16H16FN3O. The van der Waals surface area contributed by atoms with Crippen LogP contribution in [0.25, 0.3) is 11.0 Å². The van der Waals surface area contributed by atoms with Crippen molar-refractivity contribution in [2.24, 2.45) is 0 Å². The smallest absolute Gasteiger partial charge is 0.169 e. The molecule has 0 saturated carbocycles. The minimum absolute atomic E-state index is 0.219. The van der Waals surface area contributed by atoms with E-state index in [1.54, 1.807) is 12.3 Å². The Morgan fingerprint density at radius 1 is 1.33 bits per heavy atom. The van der Waals surface area contributed by atoms with Gasteiger partial charge in [-0.1, -0.05) is 19.1 Å². The number of aryl methyl sites for hydroxylation is 1. The van der Waals surface area contributed by atoms with Gasteiger partial charge in [-0.3, -0.25) is 0 Å². The van der Waals surface area contributed by atoms with Crippen molar-refractivity contribution in [2.75, 3.05) is 6.54 Å². The lowest BCUT2D eigenvalue weighted by Gasteiger charge is -2.14. The highest BCUT2D eigenvalue weighted by Crippen LogP contribution is 2.28. The molecule has 0 amide bonds. The van der Waals surface area contributed by atoms with Crippen molar-refractivity contribution in [2.45, 2.75) is 19.9 Å². The van der Waals surface area contributed by atoms with Crippen molar-refractivity contribution in [3.05, 3.63) is 59.6 Å². The second kappa shape index (κ2) is 5.61. The average Bonchev–Trinajstić information content (AvgIpc) is 2.90. The molecule has 3 aromatic rings. The number of fused-ring (bicyclic) bond motifs is 1. The van der Waals surface area contributed by atoms with Crippen LogP contribution in [0.15, 0.2) is 40.9 Å². The van der Waals surface area contributed by atoms with Crippen LogP contribution in [0.4, 0.5) is 4.39 Å². The monoisotopic (exact) mass is 285 g/mol. The Kier molecular flexibility index (Phi) is 3.66. The van der Waals surface area contributed by atoms with E-state index in [1.807, 2.05) is 32.0 Å². The summed E-state index contributed by atoms with van der Waals surface area (Å²) in [6, 6.07) is 8.37. The van der Waals surface area contributed by atoms with Gasteiger partial charge in [0.2, 0.25) is 0 Å². The van der Waals surface area contributed by atoms with Crippen molar-refractivity contribution in [1.82, 2.24) is 15.3 Å². The third-order valence-corrected chi connectivity index (χ3v) is 3.30. The van der Waals surface area contributed by atoms with E-state index in [0.717, 1.165) is 17.6 Å². The second-order valence-electron chi connectivity index (χ2n) is 4.83. The molecule has 0 bridgehead atoms. The van der Waals surface area contributed by atoms with E-state index in [9.17, 15) is 4.39 Å². The van der Waals surface area contributed by atoms with Gasteiger partial charge >= 0.3 is 0 Å². The van der Waals surface area contributed by atoms with E-state index in [4.69, 9.17) is 4.42 Å². The normalized spacial score (nSPS) is 12.7. The number of para-hydroxylation sites is 1. The molecule has 21 heavy (non-hydrogen) atoms. The minimum Gasteiger partial charge on any atom is -0.456 e. The maximum Gasteiger partial charge on any atom is 0.169 e. The maximum atomic E-state index is 13.8. The van der Waals surface area contributed by atoms with Gasteiger partial charge in [0.1, 0.15) is 17.6 Å². The number of nitrogens with zero attached hydrogens (tertiary/aromatic N) is 2. The lowest BCUT2D eigenvalue weighted by atomic mass is 10.1. The molecule has 0 aliphatic rings. The van der Waals surface area contributed by atoms with Crippen LogP contribution in [-0.2, 0) is 0 Å². The van der Waals surface area contributed by atoms with Crippen LogP contribution in [0.5, 0.6) is 0 Å². The molecule has 108 valence electrons. The molecule has 0 radical (unpaired) electrons. The van der Waals surface area contributed by atoms with E-state index in [-0.39, 0.29) is 17.4 Å². The molecule has 0 aliphatic carbocycles. The number of furan rings is 1. The number of aromatic nitrogens is 2. The van der Waals surface area contributed by atoms with E-state index < -0.39 is 0 Å². The van der Waals surface area contributed by atoms with Gasteiger partial charge in [-0.25, -0.2) is 14.4 Å². The molecule has 1 atom stereocenters. The van der Waals surface area contributed by atoms with Crippen molar-refractivity contribution >= 4 is 11.0 Å². The topological polar surface area (TPSA) is 51.0 Å². The highest BCUT2D eigenvalue weighted by Gasteiger charge is 2.20. The Labute approximate surface area is 122 Å². The number of hydrogen-bond donors (Lipinski definition) is 1. The van der Waals surface area contributed by atoms with Gasteiger partial charge in [0.15, 0.2) is 11.4 Å². The molecule has 1 aromatic carbocycles. The van der Waals surface area contributed by atoms with Crippen molar-refractivity contribution in [3.63, 3.8) is 0 Å². The lowest BCUT2D eigenvalue weighted by Crippen LogP contribution is -2.22. The predicted molar refractivity (Wildman–Crippen MR) is 78.5 cm³/mol. The Hall–Kier alpha value is -2.27. The molecule has 2 aromatic heterocycles. The average molecular weight is 285 g/mol. The SMILES string of the molecule is CCNC(c1ccnc(C)n1)c1cc2cccc(F)c2o1. The fourth-order valence-electron chi connectivity index (χ4n) is 2.38. The largest absolute Gasteiger partial charge is 0.456 e. The van der Waals surface area contributed by atoms with Gasteiger partial charge in [-0.15, -0.1) is 0 Å². The number of hydrogen-bond acceptors (Lipinski definition) is 4. The summed E-state index contributed by atoms with van der Waals surface area (Å²) in [5.41, 5.74) is 1.09. The standard InChI is InChI=1S/C16H16FN3O/c1-3-18-15(13-7-8-19-10(2)20-13)14-9-11-5-4-6-12(17)16(11)21-14/h4-9,15,18H,3H2,1-2H3. The fourth-order valence-corrected chi connectivity index (χ4v) is 2.38. The summed E-state index contributed by atoms with van der Waals surface area (Å²) >= 11 is 0. The van der Waals surface area contributed by atoms with Crippen LogP contribution >= 0.6 is 0 Å². The number of nitrogens with one attached hydrogen (secondary N) is 1. The van der Waals surface area contributed by atoms with E-state index in [0.29, 0.717) is 11.6 Å². The highest BCUT2D eigenvalue weighted by molar-refractivity contribution is 5.78. The fraction of sp³-hybridized carbons (Fsp3) is 0.250. The van der Waals surface area contributed by atoms with Crippen LogP contribution in [0.3, 0.4) is 0 Å². The molecule has 5 heteroatoms. The Morgan fingerprint density at radius 3 is 2.90 bits per heavy atom. The molecule has 1 unspecified atom stereocenters. The predicted octanol–water partition coefficient (Wildman–Crippen LogP) is 3.37. The van der Waals surface area contributed by atoms with Gasteiger partial charge < -0.3 is 9.73 Å². The zero-order chi connectivity index (χ0) is 14.8. The molecule has 2 heterocycles. The third-order valence-electron chi connectivity index (χ3n) is 3.30. The van der Waals surface area contributed by atoms with E-state index in [1.165, 1.54) is 6.07 Å². The zero-order valence-electron chi connectivity index (χ0n) is 11.9. The molecular weight excluding hydrogens is 269 g/mol. The van der Waals surface area contributed by atoms with Crippen LogP contribution in [0.1, 0.15) is 30.2 Å². The summed E-state index contributed by atoms with van der Waals surface area (Å²) in [5.74, 6) is 0.987. The van der Waals surface area contributed by atoms with Crippen LogP contribution in [-0.4, -0.2) is 16.5 Å². The number of halogens is 1. The summed E-state index contributed by atoms with van der Waals surface area (Å²) in [4.78, 5) is 8.54. The number of rotatable bonds is 4. The van der Waals surface area contributed by atoms with Gasteiger partial charge in [0.05, 0.1) is 5.69 Å². The van der Waals surface area contributed by atoms with Crippen LogP contribution in [0, 0.1) is 12.7 Å². The minimum atomic E-state index is -0.354.